The minimum Gasteiger partial charge on any atom is -0.454 e. The van der Waals surface area contributed by atoms with E-state index < -0.39 is 11.4 Å². The Kier molecular flexibility index (Phi) is 4.66. The van der Waals surface area contributed by atoms with Crippen molar-refractivity contribution in [2.24, 2.45) is 12.5 Å². The Morgan fingerprint density at radius 1 is 1.31 bits per heavy atom. The largest absolute Gasteiger partial charge is 0.454 e. The zero-order valence-electron chi connectivity index (χ0n) is 15.5. The van der Waals surface area contributed by atoms with E-state index in [4.69, 9.17) is 4.74 Å². The van der Waals surface area contributed by atoms with E-state index in [9.17, 15) is 9.59 Å². The molecule has 0 aliphatic rings. The van der Waals surface area contributed by atoms with E-state index >= 15 is 0 Å². The third-order valence-electron chi connectivity index (χ3n) is 4.13. The lowest BCUT2D eigenvalue weighted by atomic mass is 9.91. The van der Waals surface area contributed by atoms with Crippen LogP contribution in [0.4, 0.5) is 0 Å². The van der Waals surface area contributed by atoms with Crippen LogP contribution >= 0.6 is 11.3 Å². The number of esters is 1. The van der Waals surface area contributed by atoms with Gasteiger partial charge in [-0.1, -0.05) is 26.8 Å². The number of fused-ring (bicyclic) bond motifs is 1. The number of carbonyl (C=O) groups is 2. The van der Waals surface area contributed by atoms with E-state index in [1.165, 1.54) is 0 Å². The highest BCUT2D eigenvalue weighted by atomic mass is 32.1. The van der Waals surface area contributed by atoms with Crippen LogP contribution in [0.1, 0.15) is 36.8 Å². The maximum atomic E-state index is 12.7. The van der Waals surface area contributed by atoms with Crippen molar-refractivity contribution in [3.05, 3.63) is 34.8 Å². The predicted octanol–water partition coefficient (Wildman–Crippen LogP) is 3.78. The fourth-order valence-corrected chi connectivity index (χ4v) is 3.27. The highest BCUT2D eigenvalue weighted by molar-refractivity contribution is 7.13. The molecule has 7 heteroatoms. The summed E-state index contributed by atoms with van der Waals surface area (Å²) in [5.41, 5.74) is 1.82. The monoisotopic (exact) mass is 371 g/mol. The zero-order valence-corrected chi connectivity index (χ0v) is 16.3. The molecule has 0 saturated heterocycles. The van der Waals surface area contributed by atoms with Gasteiger partial charge in [-0.15, -0.1) is 11.3 Å². The summed E-state index contributed by atoms with van der Waals surface area (Å²) < 4.78 is 6.96. The van der Waals surface area contributed by atoms with Crippen LogP contribution in [0.3, 0.4) is 0 Å². The first kappa shape index (κ1) is 18.3. The van der Waals surface area contributed by atoms with Crippen molar-refractivity contribution in [2.45, 2.75) is 27.7 Å². The fourth-order valence-electron chi connectivity index (χ4n) is 2.58. The smallest absolute Gasteiger partial charge is 0.339 e. The molecule has 0 aliphatic heterocycles. The van der Waals surface area contributed by atoms with Gasteiger partial charge in [-0.25, -0.2) is 9.78 Å². The first-order valence-corrected chi connectivity index (χ1v) is 9.15. The molecule has 0 fully saturated rings. The molecule has 3 rings (SSSR count). The average Bonchev–Trinajstić information content (AvgIpc) is 3.20. The zero-order chi connectivity index (χ0) is 19.1. The molecule has 3 aromatic rings. The minimum atomic E-state index is -0.555. The van der Waals surface area contributed by atoms with Gasteiger partial charge >= 0.3 is 5.97 Å². The van der Waals surface area contributed by atoms with Gasteiger partial charge in [0.05, 0.1) is 27.2 Å². The molecule has 3 heterocycles. The van der Waals surface area contributed by atoms with E-state index in [1.807, 2.05) is 24.4 Å². The molecule has 0 N–H and O–H groups in total. The first-order chi connectivity index (χ1) is 12.2. The molecule has 0 amide bonds. The number of aryl methyl sites for hydroxylation is 2. The SMILES string of the molecule is Cc1nn(C)c2nc(-c3cccs3)cc(C(=O)OCC(=O)C(C)(C)C)c12. The number of hydrogen-bond acceptors (Lipinski definition) is 6. The van der Waals surface area contributed by atoms with Gasteiger partial charge in [0.15, 0.2) is 18.0 Å². The van der Waals surface area contributed by atoms with Crippen molar-refractivity contribution in [3.8, 4) is 10.6 Å². The number of Topliss-reactive ketones (excluding diaryl/α,β-unsaturated/α-hetero) is 1. The average molecular weight is 371 g/mol. The van der Waals surface area contributed by atoms with Crippen molar-refractivity contribution < 1.29 is 14.3 Å². The Balaban J connectivity index is 2.03. The van der Waals surface area contributed by atoms with Gasteiger partial charge in [-0.2, -0.15) is 5.10 Å². The van der Waals surface area contributed by atoms with Crippen LogP contribution in [0, 0.1) is 12.3 Å². The lowest BCUT2D eigenvalue weighted by molar-refractivity contribution is -0.129. The molecule has 0 unspecified atom stereocenters. The second kappa shape index (κ2) is 6.64. The third kappa shape index (κ3) is 3.39. The van der Waals surface area contributed by atoms with Gasteiger partial charge in [-0.3, -0.25) is 9.48 Å². The Hall–Kier alpha value is -2.54. The van der Waals surface area contributed by atoms with Crippen LogP contribution in [-0.2, 0) is 16.6 Å². The molecule has 0 bridgehead atoms. The molecule has 0 spiro atoms. The summed E-state index contributed by atoms with van der Waals surface area (Å²) in [6.45, 7) is 6.97. The van der Waals surface area contributed by atoms with Crippen molar-refractivity contribution in [1.82, 2.24) is 14.8 Å². The van der Waals surface area contributed by atoms with E-state index in [1.54, 1.807) is 49.9 Å². The van der Waals surface area contributed by atoms with Gasteiger partial charge in [0.1, 0.15) is 0 Å². The maximum Gasteiger partial charge on any atom is 0.339 e. The van der Waals surface area contributed by atoms with Gasteiger partial charge < -0.3 is 4.74 Å². The molecule has 26 heavy (non-hydrogen) atoms. The Morgan fingerprint density at radius 2 is 2.04 bits per heavy atom. The van der Waals surface area contributed by atoms with Crippen molar-refractivity contribution >= 4 is 34.1 Å². The molecule has 136 valence electrons. The molecule has 6 nitrogen and oxygen atoms in total. The fraction of sp³-hybridized carbons (Fsp3) is 0.368. The lowest BCUT2D eigenvalue weighted by Gasteiger charge is -2.16. The molecule has 0 saturated carbocycles. The number of aromatic nitrogens is 3. The van der Waals surface area contributed by atoms with E-state index in [2.05, 4.69) is 10.1 Å². The normalized spacial score (nSPS) is 11.7. The summed E-state index contributed by atoms with van der Waals surface area (Å²) in [5.74, 6) is -0.665. The summed E-state index contributed by atoms with van der Waals surface area (Å²) in [7, 11) is 1.79. The molecular weight excluding hydrogens is 350 g/mol. The summed E-state index contributed by atoms with van der Waals surface area (Å²) >= 11 is 1.54. The van der Waals surface area contributed by atoms with Crippen molar-refractivity contribution in [1.29, 1.82) is 0 Å². The summed E-state index contributed by atoms with van der Waals surface area (Å²) in [6, 6.07) is 5.59. The van der Waals surface area contributed by atoms with Crippen LogP contribution in [0.25, 0.3) is 21.6 Å². The Bertz CT molecular complexity index is 982. The number of ether oxygens (including phenoxy) is 1. The second-order valence-electron chi connectivity index (χ2n) is 7.19. The Morgan fingerprint density at radius 3 is 2.65 bits per heavy atom. The molecule has 3 aromatic heterocycles. The highest BCUT2D eigenvalue weighted by Crippen LogP contribution is 2.29. The molecule has 0 atom stereocenters. The summed E-state index contributed by atoms with van der Waals surface area (Å²) in [4.78, 5) is 30.4. The summed E-state index contributed by atoms with van der Waals surface area (Å²) in [5, 5.41) is 6.98. The van der Waals surface area contributed by atoms with Gasteiger partial charge in [0.2, 0.25) is 0 Å². The second-order valence-corrected chi connectivity index (χ2v) is 8.14. The quantitative estimate of drug-likeness (QED) is 0.653. The number of hydrogen-bond donors (Lipinski definition) is 0. The molecule has 0 radical (unpaired) electrons. The van der Waals surface area contributed by atoms with Gasteiger partial charge in [0.25, 0.3) is 0 Å². The van der Waals surface area contributed by atoms with Crippen molar-refractivity contribution in [2.75, 3.05) is 6.61 Å². The van der Waals surface area contributed by atoms with Crippen LogP contribution in [-0.4, -0.2) is 33.1 Å². The molecular formula is C19H21N3O3S. The van der Waals surface area contributed by atoms with E-state index in [0.29, 0.717) is 28.0 Å². The standard InChI is InChI=1S/C19H21N3O3S/c1-11-16-12(18(24)25-10-15(23)19(2,3)4)9-13(14-7-6-8-26-14)20-17(16)22(5)21-11/h6-9H,10H2,1-5H3. The Labute approximate surface area is 155 Å². The van der Waals surface area contributed by atoms with Crippen LogP contribution < -0.4 is 0 Å². The van der Waals surface area contributed by atoms with E-state index in [0.717, 1.165) is 4.88 Å². The van der Waals surface area contributed by atoms with Crippen molar-refractivity contribution in [3.63, 3.8) is 0 Å². The third-order valence-corrected chi connectivity index (χ3v) is 5.03. The van der Waals surface area contributed by atoms with Gasteiger partial charge in [0, 0.05) is 12.5 Å². The minimum absolute atomic E-state index is 0.127. The van der Waals surface area contributed by atoms with Crippen LogP contribution in [0.2, 0.25) is 0 Å². The van der Waals surface area contributed by atoms with Crippen LogP contribution in [0.15, 0.2) is 23.6 Å². The number of nitrogens with zero attached hydrogens (tertiary/aromatic N) is 3. The molecule has 0 aromatic carbocycles. The van der Waals surface area contributed by atoms with Gasteiger partial charge in [-0.05, 0) is 24.4 Å². The number of carbonyl (C=O) groups excluding carboxylic acids is 2. The summed E-state index contributed by atoms with van der Waals surface area (Å²) in [6.07, 6.45) is 0. The highest BCUT2D eigenvalue weighted by Gasteiger charge is 2.25. The topological polar surface area (TPSA) is 74.1 Å². The number of thiophene rings is 1. The first-order valence-electron chi connectivity index (χ1n) is 8.27. The van der Waals surface area contributed by atoms with Crippen LogP contribution in [0.5, 0.6) is 0 Å². The predicted molar refractivity (Wildman–Crippen MR) is 101 cm³/mol. The lowest BCUT2D eigenvalue weighted by Crippen LogP contribution is -2.26. The van der Waals surface area contributed by atoms with E-state index in [-0.39, 0.29) is 12.4 Å². The number of pyridine rings is 1. The maximum absolute atomic E-state index is 12.7. The number of ketones is 1. The number of rotatable bonds is 4. The molecule has 0 aliphatic carbocycles.